The minimum Gasteiger partial charge on any atom is -0.491 e. The summed E-state index contributed by atoms with van der Waals surface area (Å²) in [5.41, 5.74) is 0.765. The number of aliphatic hydroxyl groups is 1. The van der Waals surface area contributed by atoms with Crippen LogP contribution in [0.1, 0.15) is 6.42 Å². The molecule has 3 unspecified atom stereocenters. The fourth-order valence-electron chi connectivity index (χ4n) is 2.39. The Hall–Kier alpha value is -1.80. The van der Waals surface area contributed by atoms with Gasteiger partial charge in [-0.2, -0.15) is 0 Å². The summed E-state index contributed by atoms with van der Waals surface area (Å²) < 4.78 is 11.0. The van der Waals surface area contributed by atoms with E-state index in [1.54, 1.807) is 6.07 Å². The highest BCUT2D eigenvalue weighted by molar-refractivity contribution is 6.29. The lowest BCUT2D eigenvalue weighted by Crippen LogP contribution is -2.23. The number of aromatic nitrogens is 1. The quantitative estimate of drug-likeness (QED) is 0.699. The third kappa shape index (κ3) is 3.11. The number of ether oxygens (including phenoxy) is 2. The van der Waals surface area contributed by atoms with Crippen LogP contribution in [0.2, 0.25) is 5.15 Å². The van der Waals surface area contributed by atoms with Crippen LogP contribution in [0, 0.1) is 18.3 Å². The molecule has 0 aliphatic carbocycles. The smallest absolute Gasteiger partial charge is 0.156 e. The van der Waals surface area contributed by atoms with Gasteiger partial charge < -0.3 is 14.6 Å². The Balaban J connectivity index is 1.72. The molecular formula is C16H14ClNO3. The zero-order valence-corrected chi connectivity index (χ0v) is 12.0. The molecular weight excluding hydrogens is 290 g/mol. The molecule has 0 radical (unpaired) electrons. The van der Waals surface area contributed by atoms with E-state index in [9.17, 15) is 5.11 Å². The highest BCUT2D eigenvalue weighted by Gasteiger charge is 2.33. The molecule has 1 fully saturated rings. The number of nitrogens with zero attached hydrogens (tertiary/aromatic N) is 1. The van der Waals surface area contributed by atoms with Gasteiger partial charge >= 0.3 is 0 Å². The molecule has 0 saturated carbocycles. The molecule has 0 bridgehead atoms. The van der Waals surface area contributed by atoms with E-state index in [1.165, 1.54) is 0 Å². The Labute approximate surface area is 127 Å². The summed E-state index contributed by atoms with van der Waals surface area (Å²) in [4.78, 5) is 4.24. The average molecular weight is 304 g/mol. The molecule has 1 aliphatic rings. The first-order chi connectivity index (χ1) is 10.2. The van der Waals surface area contributed by atoms with Crippen LogP contribution in [0.5, 0.6) is 5.75 Å². The lowest BCUT2D eigenvalue weighted by atomic mass is 10.0. The molecule has 4 nitrogen and oxygen atoms in total. The number of benzene rings is 1. The SMILES string of the molecule is C#CC1CC(O)OC1COc1ccc2ccc(Cl)nc2c1. The van der Waals surface area contributed by atoms with Gasteiger partial charge in [-0.05, 0) is 24.3 Å². The largest absolute Gasteiger partial charge is 0.491 e. The van der Waals surface area contributed by atoms with E-state index < -0.39 is 6.29 Å². The van der Waals surface area contributed by atoms with Crippen LogP contribution in [-0.2, 0) is 4.74 Å². The lowest BCUT2D eigenvalue weighted by molar-refractivity contribution is -0.0998. The molecule has 21 heavy (non-hydrogen) atoms. The number of fused-ring (bicyclic) bond motifs is 1. The fraction of sp³-hybridized carbons (Fsp3) is 0.312. The van der Waals surface area contributed by atoms with Crippen molar-refractivity contribution in [3.8, 4) is 18.1 Å². The van der Waals surface area contributed by atoms with Crippen molar-refractivity contribution >= 4 is 22.5 Å². The van der Waals surface area contributed by atoms with Crippen molar-refractivity contribution in [2.45, 2.75) is 18.8 Å². The van der Waals surface area contributed by atoms with Gasteiger partial charge in [0.25, 0.3) is 0 Å². The second kappa shape index (κ2) is 5.90. The zero-order valence-electron chi connectivity index (χ0n) is 11.2. The summed E-state index contributed by atoms with van der Waals surface area (Å²) in [7, 11) is 0. The highest BCUT2D eigenvalue weighted by atomic mass is 35.5. The van der Waals surface area contributed by atoms with Gasteiger partial charge in [0.05, 0.1) is 11.4 Å². The van der Waals surface area contributed by atoms with Crippen molar-refractivity contribution in [3.63, 3.8) is 0 Å². The minimum atomic E-state index is -0.809. The monoisotopic (exact) mass is 303 g/mol. The molecule has 0 amide bonds. The van der Waals surface area contributed by atoms with Crippen molar-refractivity contribution in [3.05, 3.63) is 35.5 Å². The molecule has 3 rings (SSSR count). The molecule has 108 valence electrons. The van der Waals surface area contributed by atoms with Gasteiger partial charge in [0.15, 0.2) is 6.29 Å². The summed E-state index contributed by atoms with van der Waals surface area (Å²) >= 11 is 5.88. The van der Waals surface area contributed by atoms with Crippen molar-refractivity contribution in [1.29, 1.82) is 0 Å². The Morgan fingerprint density at radius 3 is 3.05 bits per heavy atom. The van der Waals surface area contributed by atoms with Crippen LogP contribution in [-0.4, -0.2) is 29.1 Å². The van der Waals surface area contributed by atoms with Gasteiger partial charge in [-0.15, -0.1) is 12.3 Å². The van der Waals surface area contributed by atoms with Gasteiger partial charge in [-0.25, -0.2) is 4.98 Å². The van der Waals surface area contributed by atoms with Crippen molar-refractivity contribution < 1.29 is 14.6 Å². The Bertz CT molecular complexity index is 697. The first-order valence-corrected chi connectivity index (χ1v) is 7.02. The van der Waals surface area contributed by atoms with E-state index in [0.717, 1.165) is 10.9 Å². The normalized spacial score (nSPS) is 24.9. The van der Waals surface area contributed by atoms with Gasteiger partial charge in [-0.3, -0.25) is 0 Å². The Morgan fingerprint density at radius 2 is 2.24 bits per heavy atom. The lowest BCUT2D eigenvalue weighted by Gasteiger charge is -2.15. The van der Waals surface area contributed by atoms with Crippen molar-refractivity contribution in [2.24, 2.45) is 5.92 Å². The van der Waals surface area contributed by atoms with Crippen LogP contribution >= 0.6 is 11.6 Å². The first kappa shape index (κ1) is 14.2. The molecule has 1 N–H and O–H groups in total. The van der Waals surface area contributed by atoms with Gasteiger partial charge in [0, 0.05) is 17.9 Å². The maximum Gasteiger partial charge on any atom is 0.156 e. The molecule has 2 heterocycles. The van der Waals surface area contributed by atoms with Gasteiger partial charge in [0.2, 0.25) is 0 Å². The van der Waals surface area contributed by atoms with Crippen molar-refractivity contribution in [2.75, 3.05) is 6.61 Å². The summed E-state index contributed by atoms with van der Waals surface area (Å²) in [5.74, 6) is 3.16. The second-order valence-electron chi connectivity index (χ2n) is 4.94. The molecule has 1 aromatic heterocycles. The Kier molecular flexibility index (Phi) is 3.98. The summed E-state index contributed by atoms with van der Waals surface area (Å²) in [5, 5.41) is 10.9. The van der Waals surface area contributed by atoms with Crippen LogP contribution in [0.3, 0.4) is 0 Å². The number of pyridine rings is 1. The van der Waals surface area contributed by atoms with E-state index in [-0.39, 0.29) is 18.6 Å². The number of hydrogen-bond acceptors (Lipinski definition) is 4. The molecule has 3 atom stereocenters. The van der Waals surface area contributed by atoms with Crippen LogP contribution < -0.4 is 4.74 Å². The van der Waals surface area contributed by atoms with Crippen LogP contribution in [0.4, 0.5) is 0 Å². The third-order valence-corrected chi connectivity index (χ3v) is 3.70. The number of hydrogen-bond donors (Lipinski definition) is 1. The van der Waals surface area contributed by atoms with Crippen molar-refractivity contribution in [1.82, 2.24) is 4.98 Å². The summed E-state index contributed by atoms with van der Waals surface area (Å²) in [6.45, 7) is 0.290. The number of aliphatic hydroxyl groups excluding tert-OH is 1. The Morgan fingerprint density at radius 1 is 1.43 bits per heavy atom. The molecule has 1 saturated heterocycles. The van der Waals surface area contributed by atoms with E-state index >= 15 is 0 Å². The third-order valence-electron chi connectivity index (χ3n) is 3.49. The highest BCUT2D eigenvalue weighted by Crippen LogP contribution is 2.26. The standard InChI is InChI=1S/C16H14ClNO3/c1-2-10-7-16(19)21-14(10)9-20-12-5-3-11-4-6-15(17)18-13(11)8-12/h1,3-6,8,10,14,16,19H,7,9H2. The number of rotatable bonds is 3. The van der Waals surface area contributed by atoms with E-state index in [2.05, 4.69) is 10.9 Å². The minimum absolute atomic E-state index is 0.131. The topological polar surface area (TPSA) is 51.6 Å². The molecule has 5 heteroatoms. The number of terminal acetylenes is 1. The molecule has 0 spiro atoms. The first-order valence-electron chi connectivity index (χ1n) is 6.64. The molecule has 1 aromatic carbocycles. The second-order valence-corrected chi connectivity index (χ2v) is 5.32. The molecule has 2 aromatic rings. The zero-order chi connectivity index (χ0) is 14.8. The van der Waals surface area contributed by atoms with Crippen LogP contribution in [0.15, 0.2) is 30.3 Å². The van der Waals surface area contributed by atoms with Gasteiger partial charge in [0.1, 0.15) is 23.6 Å². The maximum atomic E-state index is 9.47. The van der Waals surface area contributed by atoms with Crippen LogP contribution in [0.25, 0.3) is 10.9 Å². The molecule has 1 aliphatic heterocycles. The number of halogens is 1. The van der Waals surface area contributed by atoms with Gasteiger partial charge in [-0.1, -0.05) is 11.6 Å². The average Bonchev–Trinajstić information content (AvgIpc) is 2.84. The summed E-state index contributed by atoms with van der Waals surface area (Å²) in [6, 6.07) is 9.23. The van der Waals surface area contributed by atoms with E-state index in [1.807, 2.05) is 24.3 Å². The predicted octanol–water partition coefficient (Wildman–Crippen LogP) is 2.62. The van der Waals surface area contributed by atoms with E-state index in [4.69, 9.17) is 27.5 Å². The maximum absolute atomic E-state index is 9.47. The van der Waals surface area contributed by atoms with E-state index in [0.29, 0.717) is 17.3 Å². The summed E-state index contributed by atoms with van der Waals surface area (Å²) in [6.07, 6.45) is 4.76. The fourth-order valence-corrected chi connectivity index (χ4v) is 2.55. The predicted molar refractivity (Wildman–Crippen MR) is 80.1 cm³/mol.